The maximum atomic E-state index is 5.31. The summed E-state index contributed by atoms with van der Waals surface area (Å²) >= 11 is 0. The summed E-state index contributed by atoms with van der Waals surface area (Å²) in [5.41, 5.74) is 8.14. The minimum Gasteiger partial charge on any atom is -0.335 e. The largest absolute Gasteiger partial charge is 0.335 e. The van der Waals surface area contributed by atoms with Crippen molar-refractivity contribution in [3.63, 3.8) is 0 Å². The van der Waals surface area contributed by atoms with Gasteiger partial charge in [-0.1, -0.05) is 29.8 Å². The summed E-state index contributed by atoms with van der Waals surface area (Å²) in [5.74, 6) is 0. The fourth-order valence-electron chi connectivity index (χ4n) is 3.23. The van der Waals surface area contributed by atoms with E-state index in [4.69, 9.17) is 4.74 Å². The minimum absolute atomic E-state index is 0.669. The molecule has 2 aromatic rings. The Balaban J connectivity index is 1.97. The molecule has 0 spiro atoms. The summed E-state index contributed by atoms with van der Waals surface area (Å²) in [6.45, 7) is 2.87. The van der Waals surface area contributed by atoms with Crippen molar-refractivity contribution in [2.24, 2.45) is 0 Å². The third-order valence-corrected chi connectivity index (χ3v) is 4.39. The zero-order chi connectivity index (χ0) is 15.7. The van der Waals surface area contributed by atoms with Gasteiger partial charge in [-0.25, -0.2) is 0 Å². The van der Waals surface area contributed by atoms with Crippen molar-refractivity contribution in [2.45, 2.75) is 13.3 Å². The Hall–Kier alpha value is -1.90. The monoisotopic (exact) mass is 294 g/mol. The highest BCUT2D eigenvalue weighted by atomic mass is 16.5. The predicted molar refractivity (Wildman–Crippen MR) is 94.8 cm³/mol. The van der Waals surface area contributed by atoms with Crippen molar-refractivity contribution in [1.29, 1.82) is 0 Å². The molecule has 0 atom stereocenters. The maximum absolute atomic E-state index is 5.31. The molecule has 0 amide bonds. The summed E-state index contributed by atoms with van der Waals surface area (Å²) in [6.07, 6.45) is 3.41. The molecule has 0 unspecified atom stereocenters. The molecular formula is C20H24NO+. The third-order valence-electron chi connectivity index (χ3n) is 4.39. The highest BCUT2D eigenvalue weighted by Gasteiger charge is 2.19. The maximum Gasteiger partial charge on any atom is 0.187 e. The number of rotatable bonds is 4. The van der Waals surface area contributed by atoms with E-state index in [1.807, 2.05) is 0 Å². The lowest BCUT2D eigenvalue weighted by molar-refractivity contribution is 0.102. The predicted octanol–water partition coefficient (Wildman–Crippen LogP) is 4.48. The third kappa shape index (κ3) is 2.72. The number of hydrogen-bond donors (Lipinski definition) is 0. The van der Waals surface area contributed by atoms with Crippen LogP contribution in [0.25, 0.3) is 17.2 Å². The van der Waals surface area contributed by atoms with Crippen molar-refractivity contribution in [3.8, 4) is 11.1 Å². The lowest BCUT2D eigenvalue weighted by Crippen LogP contribution is -2.41. The van der Waals surface area contributed by atoms with Crippen LogP contribution in [0.4, 0.5) is 5.69 Å². The number of ether oxygens (including phenoxy) is 1. The molecule has 0 N–H and O–H groups in total. The van der Waals surface area contributed by atoms with Crippen molar-refractivity contribution in [1.82, 2.24) is 4.48 Å². The summed E-state index contributed by atoms with van der Waals surface area (Å²) < 4.78 is 6.04. The van der Waals surface area contributed by atoms with Crippen LogP contribution in [-0.2, 0) is 11.2 Å². The van der Waals surface area contributed by atoms with E-state index in [-0.39, 0.29) is 0 Å². The Kier molecular flexibility index (Phi) is 3.90. The van der Waals surface area contributed by atoms with Crippen LogP contribution in [0.5, 0.6) is 0 Å². The molecule has 0 saturated carbocycles. The van der Waals surface area contributed by atoms with Gasteiger partial charge in [-0.3, -0.25) is 4.48 Å². The van der Waals surface area contributed by atoms with E-state index in [2.05, 4.69) is 69.6 Å². The van der Waals surface area contributed by atoms with Gasteiger partial charge in [0.05, 0.1) is 14.1 Å². The first-order valence-corrected chi connectivity index (χ1v) is 7.73. The van der Waals surface area contributed by atoms with Crippen LogP contribution in [-0.4, -0.2) is 27.9 Å². The van der Waals surface area contributed by atoms with Gasteiger partial charge in [-0.05, 0) is 59.9 Å². The Morgan fingerprint density at radius 3 is 2.45 bits per heavy atom. The van der Waals surface area contributed by atoms with Gasteiger partial charge in [-0.2, -0.15) is 0 Å². The van der Waals surface area contributed by atoms with Gasteiger partial charge in [0.2, 0.25) is 0 Å². The van der Waals surface area contributed by atoms with E-state index < -0.39 is 0 Å². The fourth-order valence-corrected chi connectivity index (χ4v) is 3.23. The van der Waals surface area contributed by atoms with Crippen LogP contribution in [0.2, 0.25) is 0 Å². The SMILES string of the molecule is COC[N+](C)(C)c1ccc(-c2cccc3c2C=C(C)C3)cc1. The number of quaternary nitrogens is 1. The van der Waals surface area contributed by atoms with Crippen LogP contribution in [0.3, 0.4) is 0 Å². The zero-order valence-corrected chi connectivity index (χ0v) is 13.9. The number of hydrogen-bond acceptors (Lipinski definition) is 1. The van der Waals surface area contributed by atoms with E-state index in [9.17, 15) is 0 Å². The summed E-state index contributed by atoms with van der Waals surface area (Å²) in [7, 11) is 6.06. The van der Waals surface area contributed by atoms with Gasteiger partial charge in [0.25, 0.3) is 0 Å². The Labute approximate surface area is 133 Å². The molecule has 2 heteroatoms. The van der Waals surface area contributed by atoms with E-state index >= 15 is 0 Å². The van der Waals surface area contributed by atoms with Gasteiger partial charge in [0.1, 0.15) is 5.69 Å². The van der Waals surface area contributed by atoms with Gasteiger partial charge in [0.15, 0.2) is 6.73 Å². The molecule has 2 nitrogen and oxygen atoms in total. The highest BCUT2D eigenvalue weighted by Crippen LogP contribution is 2.34. The molecule has 3 rings (SSSR count). The molecule has 114 valence electrons. The van der Waals surface area contributed by atoms with E-state index in [0.717, 1.165) is 10.9 Å². The standard InChI is InChI=1S/C20H24NO/c1-15-12-17-6-5-7-19(20(17)13-15)16-8-10-18(11-9-16)21(2,3)14-22-4/h5-11,13H,12,14H2,1-4H3/q+1. The summed E-state index contributed by atoms with van der Waals surface area (Å²) in [6, 6.07) is 15.5. The van der Waals surface area contributed by atoms with Crippen LogP contribution < -0.4 is 4.48 Å². The molecule has 1 aliphatic rings. The number of nitrogens with zero attached hydrogens (tertiary/aromatic N) is 1. The van der Waals surface area contributed by atoms with E-state index in [1.54, 1.807) is 7.11 Å². The smallest absolute Gasteiger partial charge is 0.187 e. The number of fused-ring (bicyclic) bond motifs is 1. The first-order chi connectivity index (χ1) is 10.5. The number of methoxy groups -OCH3 is 1. The van der Waals surface area contributed by atoms with Gasteiger partial charge in [0, 0.05) is 7.11 Å². The van der Waals surface area contributed by atoms with Crippen molar-refractivity contribution >= 4 is 11.8 Å². The second-order valence-electron chi connectivity index (χ2n) is 6.70. The Morgan fingerprint density at radius 1 is 1.05 bits per heavy atom. The first-order valence-electron chi connectivity index (χ1n) is 7.73. The molecule has 2 aromatic carbocycles. The van der Waals surface area contributed by atoms with Crippen LogP contribution >= 0.6 is 0 Å². The molecule has 0 aliphatic heterocycles. The minimum atomic E-state index is 0.669. The van der Waals surface area contributed by atoms with Crippen LogP contribution in [0.1, 0.15) is 18.1 Å². The lowest BCUT2D eigenvalue weighted by Gasteiger charge is -2.28. The number of benzene rings is 2. The van der Waals surface area contributed by atoms with E-state index in [0.29, 0.717) is 6.73 Å². The van der Waals surface area contributed by atoms with Crippen LogP contribution in [0, 0.1) is 0 Å². The van der Waals surface area contributed by atoms with Crippen LogP contribution in [0.15, 0.2) is 48.0 Å². The van der Waals surface area contributed by atoms with Crippen molar-refractivity contribution in [3.05, 3.63) is 59.2 Å². The number of allylic oxidation sites excluding steroid dienone is 1. The van der Waals surface area contributed by atoms with Gasteiger partial charge < -0.3 is 4.74 Å². The van der Waals surface area contributed by atoms with Gasteiger partial charge in [-0.15, -0.1) is 0 Å². The second-order valence-corrected chi connectivity index (χ2v) is 6.70. The Bertz CT molecular complexity index is 711. The molecule has 0 aromatic heterocycles. The van der Waals surface area contributed by atoms with Crippen molar-refractivity contribution < 1.29 is 4.74 Å². The lowest BCUT2D eigenvalue weighted by atomic mass is 9.97. The zero-order valence-electron chi connectivity index (χ0n) is 13.9. The van der Waals surface area contributed by atoms with Crippen molar-refractivity contribution in [2.75, 3.05) is 27.9 Å². The van der Waals surface area contributed by atoms with E-state index in [1.165, 1.54) is 33.5 Å². The second kappa shape index (κ2) is 5.71. The molecule has 0 saturated heterocycles. The normalized spacial score (nSPS) is 13.9. The average molecular weight is 294 g/mol. The summed E-state index contributed by atoms with van der Waals surface area (Å²) in [4.78, 5) is 0. The molecule has 0 heterocycles. The Morgan fingerprint density at radius 2 is 1.77 bits per heavy atom. The summed E-state index contributed by atoms with van der Waals surface area (Å²) in [5, 5.41) is 0. The first kappa shape index (κ1) is 15.0. The quantitative estimate of drug-likeness (QED) is 0.596. The topological polar surface area (TPSA) is 9.23 Å². The highest BCUT2D eigenvalue weighted by molar-refractivity contribution is 5.81. The molecule has 0 radical (unpaired) electrons. The fraction of sp³-hybridized carbons (Fsp3) is 0.300. The molecule has 0 fully saturated rings. The van der Waals surface area contributed by atoms with Gasteiger partial charge >= 0.3 is 0 Å². The molecule has 0 bridgehead atoms. The average Bonchev–Trinajstić information content (AvgIpc) is 2.87. The molecule has 22 heavy (non-hydrogen) atoms. The molecular weight excluding hydrogens is 270 g/mol. The molecule has 1 aliphatic carbocycles.